The summed E-state index contributed by atoms with van der Waals surface area (Å²) >= 11 is 6.18. The molecule has 70 valence electrons. The van der Waals surface area contributed by atoms with Crippen LogP contribution in [0.15, 0.2) is 12.1 Å². The van der Waals surface area contributed by atoms with Crippen molar-refractivity contribution in [3.8, 4) is 0 Å². The standard InChI is InChI=1S/C12H15Cl/c1-8-3-5-10-9(2)4-6-12(13)11(10)7-8/h4,6,8H,3,5,7H2,1-2H3. The Hall–Kier alpha value is -0.490. The van der Waals surface area contributed by atoms with Crippen molar-refractivity contribution < 1.29 is 0 Å². The summed E-state index contributed by atoms with van der Waals surface area (Å²) in [7, 11) is 0. The van der Waals surface area contributed by atoms with Crippen molar-refractivity contribution in [2.75, 3.05) is 0 Å². The van der Waals surface area contributed by atoms with Crippen molar-refractivity contribution in [2.24, 2.45) is 5.92 Å². The summed E-state index contributed by atoms with van der Waals surface area (Å²) < 4.78 is 0. The van der Waals surface area contributed by atoms with Crippen LogP contribution in [0.3, 0.4) is 0 Å². The van der Waals surface area contributed by atoms with Gasteiger partial charge in [-0.3, -0.25) is 0 Å². The second-order valence-electron chi connectivity index (χ2n) is 4.17. The SMILES string of the molecule is Cc1ccc(Cl)c2c1CCC(C)C2. The first-order valence-corrected chi connectivity index (χ1v) is 5.33. The highest BCUT2D eigenvalue weighted by molar-refractivity contribution is 6.31. The lowest BCUT2D eigenvalue weighted by Crippen LogP contribution is -2.12. The van der Waals surface area contributed by atoms with E-state index in [9.17, 15) is 0 Å². The van der Waals surface area contributed by atoms with E-state index in [1.165, 1.54) is 29.5 Å². The van der Waals surface area contributed by atoms with E-state index in [1.54, 1.807) is 0 Å². The van der Waals surface area contributed by atoms with E-state index in [1.807, 2.05) is 6.07 Å². The van der Waals surface area contributed by atoms with Crippen LogP contribution in [0.1, 0.15) is 30.0 Å². The molecule has 0 spiro atoms. The van der Waals surface area contributed by atoms with Crippen LogP contribution in [0.2, 0.25) is 5.02 Å². The van der Waals surface area contributed by atoms with Gasteiger partial charge in [-0.15, -0.1) is 0 Å². The van der Waals surface area contributed by atoms with Crippen LogP contribution in [0.4, 0.5) is 0 Å². The van der Waals surface area contributed by atoms with Crippen molar-refractivity contribution in [3.05, 3.63) is 33.8 Å². The Balaban J connectivity index is 2.51. The van der Waals surface area contributed by atoms with Gasteiger partial charge in [-0.2, -0.15) is 0 Å². The molecule has 0 heterocycles. The molecular formula is C12H15Cl. The fraction of sp³-hybridized carbons (Fsp3) is 0.500. The molecule has 1 heteroatoms. The molecule has 0 bridgehead atoms. The molecule has 2 rings (SSSR count). The molecule has 0 radical (unpaired) electrons. The van der Waals surface area contributed by atoms with Gasteiger partial charge in [0.1, 0.15) is 0 Å². The van der Waals surface area contributed by atoms with Crippen molar-refractivity contribution in [3.63, 3.8) is 0 Å². The number of rotatable bonds is 0. The van der Waals surface area contributed by atoms with Crippen molar-refractivity contribution in [2.45, 2.75) is 33.1 Å². The first kappa shape index (κ1) is 9.08. The summed E-state index contributed by atoms with van der Waals surface area (Å²) in [5.74, 6) is 0.798. The Kier molecular flexibility index (Phi) is 2.33. The minimum absolute atomic E-state index is 0.798. The monoisotopic (exact) mass is 194 g/mol. The van der Waals surface area contributed by atoms with E-state index in [0.717, 1.165) is 17.4 Å². The maximum atomic E-state index is 6.18. The molecule has 1 aliphatic carbocycles. The summed E-state index contributed by atoms with van der Waals surface area (Å²) in [6.45, 7) is 4.49. The maximum absolute atomic E-state index is 6.18. The van der Waals surface area contributed by atoms with Gasteiger partial charge in [0.05, 0.1) is 0 Å². The largest absolute Gasteiger partial charge is 0.0840 e. The predicted molar refractivity (Wildman–Crippen MR) is 57.4 cm³/mol. The Labute approximate surface area is 84.9 Å². The minimum atomic E-state index is 0.798. The molecule has 0 aliphatic heterocycles. The number of benzene rings is 1. The van der Waals surface area contributed by atoms with E-state index in [2.05, 4.69) is 19.9 Å². The van der Waals surface area contributed by atoms with Gasteiger partial charge >= 0.3 is 0 Å². The lowest BCUT2D eigenvalue weighted by Gasteiger charge is -2.24. The molecule has 0 amide bonds. The molecule has 0 nitrogen and oxygen atoms in total. The molecule has 1 atom stereocenters. The molecular weight excluding hydrogens is 180 g/mol. The predicted octanol–water partition coefficient (Wildman–Crippen LogP) is 3.77. The average molecular weight is 195 g/mol. The fourth-order valence-corrected chi connectivity index (χ4v) is 2.45. The van der Waals surface area contributed by atoms with Gasteiger partial charge in [0, 0.05) is 5.02 Å². The molecule has 0 fully saturated rings. The number of fused-ring (bicyclic) bond motifs is 1. The van der Waals surface area contributed by atoms with Gasteiger partial charge in [0.2, 0.25) is 0 Å². The van der Waals surface area contributed by atoms with Gasteiger partial charge in [0.15, 0.2) is 0 Å². The normalized spacial score (nSPS) is 21.3. The molecule has 0 saturated carbocycles. The Morgan fingerprint density at radius 2 is 2.08 bits per heavy atom. The zero-order valence-corrected chi connectivity index (χ0v) is 8.99. The van der Waals surface area contributed by atoms with Crippen molar-refractivity contribution >= 4 is 11.6 Å². The Morgan fingerprint density at radius 1 is 1.31 bits per heavy atom. The van der Waals surface area contributed by atoms with Crippen LogP contribution in [0.25, 0.3) is 0 Å². The van der Waals surface area contributed by atoms with Crippen molar-refractivity contribution in [1.82, 2.24) is 0 Å². The number of halogens is 1. The quantitative estimate of drug-likeness (QED) is 0.590. The van der Waals surface area contributed by atoms with E-state index in [0.29, 0.717) is 0 Å². The maximum Gasteiger partial charge on any atom is 0.0441 e. The van der Waals surface area contributed by atoms with Gasteiger partial charge in [-0.05, 0) is 54.9 Å². The van der Waals surface area contributed by atoms with E-state index in [-0.39, 0.29) is 0 Å². The summed E-state index contributed by atoms with van der Waals surface area (Å²) in [4.78, 5) is 0. The second kappa shape index (κ2) is 3.34. The molecule has 0 saturated heterocycles. The van der Waals surface area contributed by atoms with Gasteiger partial charge in [-0.1, -0.05) is 24.6 Å². The second-order valence-corrected chi connectivity index (χ2v) is 4.58. The van der Waals surface area contributed by atoms with E-state index >= 15 is 0 Å². The van der Waals surface area contributed by atoms with Gasteiger partial charge in [0.25, 0.3) is 0 Å². The van der Waals surface area contributed by atoms with Crippen LogP contribution >= 0.6 is 11.6 Å². The fourth-order valence-electron chi connectivity index (χ4n) is 2.19. The van der Waals surface area contributed by atoms with Gasteiger partial charge in [-0.25, -0.2) is 0 Å². The highest BCUT2D eigenvalue weighted by Gasteiger charge is 2.18. The third-order valence-electron chi connectivity index (χ3n) is 3.05. The van der Waals surface area contributed by atoms with Gasteiger partial charge < -0.3 is 0 Å². The van der Waals surface area contributed by atoms with E-state index in [4.69, 9.17) is 11.6 Å². The molecule has 0 aromatic heterocycles. The number of hydrogen-bond donors (Lipinski definition) is 0. The van der Waals surface area contributed by atoms with Crippen LogP contribution in [-0.4, -0.2) is 0 Å². The van der Waals surface area contributed by atoms with Crippen LogP contribution < -0.4 is 0 Å². The molecule has 0 N–H and O–H groups in total. The minimum Gasteiger partial charge on any atom is -0.0840 e. The number of hydrogen-bond acceptors (Lipinski definition) is 0. The average Bonchev–Trinajstić information content (AvgIpc) is 2.12. The van der Waals surface area contributed by atoms with Crippen LogP contribution in [-0.2, 0) is 12.8 Å². The number of aryl methyl sites for hydroxylation is 1. The molecule has 1 aromatic carbocycles. The topological polar surface area (TPSA) is 0 Å². The molecule has 1 aromatic rings. The zero-order valence-electron chi connectivity index (χ0n) is 8.23. The summed E-state index contributed by atoms with van der Waals surface area (Å²) in [6, 6.07) is 4.17. The molecule has 1 aliphatic rings. The first-order valence-electron chi connectivity index (χ1n) is 4.95. The Morgan fingerprint density at radius 3 is 2.85 bits per heavy atom. The molecule has 1 unspecified atom stereocenters. The lowest BCUT2D eigenvalue weighted by atomic mass is 9.83. The van der Waals surface area contributed by atoms with E-state index < -0.39 is 0 Å². The third-order valence-corrected chi connectivity index (χ3v) is 3.40. The molecule has 13 heavy (non-hydrogen) atoms. The smallest absolute Gasteiger partial charge is 0.0441 e. The highest BCUT2D eigenvalue weighted by Crippen LogP contribution is 2.32. The van der Waals surface area contributed by atoms with Crippen molar-refractivity contribution in [1.29, 1.82) is 0 Å². The van der Waals surface area contributed by atoms with Crippen LogP contribution in [0.5, 0.6) is 0 Å². The summed E-state index contributed by atoms with van der Waals surface area (Å²) in [6.07, 6.45) is 3.69. The first-order chi connectivity index (χ1) is 6.18. The Bertz CT molecular complexity index is 328. The summed E-state index contributed by atoms with van der Waals surface area (Å²) in [5, 5.41) is 0.965. The zero-order chi connectivity index (χ0) is 9.42. The highest BCUT2D eigenvalue weighted by atomic mass is 35.5. The summed E-state index contributed by atoms with van der Waals surface area (Å²) in [5.41, 5.74) is 4.32. The van der Waals surface area contributed by atoms with Crippen LogP contribution in [0, 0.1) is 12.8 Å². The lowest BCUT2D eigenvalue weighted by molar-refractivity contribution is 0.500. The third kappa shape index (κ3) is 1.60.